The minimum Gasteiger partial charge on any atom is -0.486 e. The number of aliphatic hydroxyl groups excluding tert-OH is 1. The van der Waals surface area contributed by atoms with Crippen LogP contribution < -0.4 is 20.1 Å². The van der Waals surface area contributed by atoms with Crippen molar-refractivity contribution in [2.75, 3.05) is 25.1 Å². The third-order valence-corrected chi connectivity index (χ3v) is 4.42. The number of nitrogens with one attached hydrogen (secondary N) is 2. The van der Waals surface area contributed by atoms with E-state index in [0.29, 0.717) is 36.0 Å². The lowest BCUT2D eigenvalue weighted by molar-refractivity contribution is 0.163. The number of hydrogen-bond acceptors (Lipinski definition) is 4. The lowest BCUT2D eigenvalue weighted by Crippen LogP contribution is -2.32. The summed E-state index contributed by atoms with van der Waals surface area (Å²) < 4.78 is 11.0. The summed E-state index contributed by atoms with van der Waals surface area (Å²) in [6.45, 7) is 7.52. The van der Waals surface area contributed by atoms with E-state index in [1.54, 1.807) is 18.2 Å². The second-order valence-electron chi connectivity index (χ2n) is 7.58. The molecule has 0 saturated heterocycles. The molecule has 0 saturated carbocycles. The van der Waals surface area contributed by atoms with Crippen molar-refractivity contribution in [3.8, 4) is 11.5 Å². The van der Waals surface area contributed by atoms with Gasteiger partial charge in [0.25, 0.3) is 0 Å². The molecule has 6 heteroatoms. The van der Waals surface area contributed by atoms with Crippen LogP contribution in [0.1, 0.15) is 38.0 Å². The largest absolute Gasteiger partial charge is 0.486 e. The predicted octanol–water partition coefficient (Wildman–Crippen LogP) is 3.61. The molecule has 0 aliphatic carbocycles. The summed E-state index contributed by atoms with van der Waals surface area (Å²) >= 11 is 0. The molecule has 27 heavy (non-hydrogen) atoms. The molecule has 144 valence electrons. The summed E-state index contributed by atoms with van der Waals surface area (Å²) in [4.78, 5) is 12.1. The first kappa shape index (κ1) is 19.0. The molecule has 0 radical (unpaired) electrons. The number of carbonyl (C=O) groups is 1. The smallest absolute Gasteiger partial charge is 0.319 e. The Bertz CT molecular complexity index is 797. The fourth-order valence-corrected chi connectivity index (χ4v) is 2.80. The van der Waals surface area contributed by atoms with E-state index in [4.69, 9.17) is 9.47 Å². The number of hydrogen-bond donors (Lipinski definition) is 3. The zero-order chi connectivity index (χ0) is 19.4. The molecule has 0 bridgehead atoms. The minimum absolute atomic E-state index is 0.0640. The highest BCUT2D eigenvalue weighted by Crippen LogP contribution is 2.32. The molecule has 0 spiro atoms. The zero-order valence-electron chi connectivity index (χ0n) is 15.9. The van der Waals surface area contributed by atoms with E-state index in [1.165, 1.54) is 5.56 Å². The van der Waals surface area contributed by atoms with Crippen LogP contribution in [0.3, 0.4) is 0 Å². The molecule has 2 aromatic carbocycles. The van der Waals surface area contributed by atoms with Crippen LogP contribution in [0.4, 0.5) is 10.5 Å². The Hall–Kier alpha value is -2.73. The van der Waals surface area contributed by atoms with Crippen molar-refractivity contribution in [2.45, 2.75) is 32.3 Å². The molecule has 2 amide bonds. The Morgan fingerprint density at radius 2 is 1.74 bits per heavy atom. The minimum atomic E-state index is -0.838. The van der Waals surface area contributed by atoms with Gasteiger partial charge in [-0.15, -0.1) is 0 Å². The molecule has 0 fully saturated rings. The summed E-state index contributed by atoms with van der Waals surface area (Å²) in [5, 5.41) is 15.8. The quantitative estimate of drug-likeness (QED) is 0.768. The van der Waals surface area contributed by atoms with Gasteiger partial charge in [0.1, 0.15) is 13.2 Å². The van der Waals surface area contributed by atoms with E-state index in [9.17, 15) is 9.90 Å². The lowest BCUT2D eigenvalue weighted by atomic mass is 9.87. The van der Waals surface area contributed by atoms with Gasteiger partial charge in [0.15, 0.2) is 11.5 Å². The topological polar surface area (TPSA) is 79.8 Å². The van der Waals surface area contributed by atoms with Gasteiger partial charge >= 0.3 is 6.03 Å². The van der Waals surface area contributed by atoms with Gasteiger partial charge in [-0.1, -0.05) is 39.0 Å². The number of anilines is 1. The third-order valence-electron chi connectivity index (χ3n) is 4.42. The van der Waals surface area contributed by atoms with Crippen molar-refractivity contribution in [3.63, 3.8) is 0 Å². The van der Waals surface area contributed by atoms with Gasteiger partial charge in [0.2, 0.25) is 0 Å². The Balaban J connectivity index is 1.53. The standard InChI is InChI=1S/C21H26N2O4/c1-21(2,3)15-5-7-16(8-6-15)23-20(25)22-13-17(24)14-4-9-18-19(12-14)27-11-10-26-18/h4-9,12,17,24H,10-11,13H2,1-3H3,(H2,22,23,25). The molecule has 1 atom stereocenters. The third kappa shape index (κ3) is 4.92. The normalized spacial score (nSPS) is 14.4. The predicted molar refractivity (Wildman–Crippen MR) is 105 cm³/mol. The van der Waals surface area contributed by atoms with Crippen molar-refractivity contribution in [3.05, 3.63) is 53.6 Å². The Morgan fingerprint density at radius 1 is 1.07 bits per heavy atom. The van der Waals surface area contributed by atoms with Crippen LogP contribution in [0.15, 0.2) is 42.5 Å². The number of carbonyl (C=O) groups excluding carboxylic acids is 1. The van der Waals surface area contributed by atoms with Gasteiger partial charge in [0, 0.05) is 12.2 Å². The van der Waals surface area contributed by atoms with Crippen LogP contribution in [0, 0.1) is 0 Å². The van der Waals surface area contributed by atoms with Gasteiger partial charge in [-0.05, 0) is 40.8 Å². The van der Waals surface area contributed by atoms with Crippen molar-refractivity contribution < 1.29 is 19.4 Å². The Labute approximate surface area is 159 Å². The van der Waals surface area contributed by atoms with E-state index < -0.39 is 6.10 Å². The second kappa shape index (κ2) is 7.88. The van der Waals surface area contributed by atoms with Crippen LogP contribution in [-0.4, -0.2) is 30.9 Å². The van der Waals surface area contributed by atoms with Crippen LogP contribution in [0.2, 0.25) is 0 Å². The number of amides is 2. The number of aliphatic hydroxyl groups is 1. The first-order valence-corrected chi connectivity index (χ1v) is 9.06. The van der Waals surface area contributed by atoms with Gasteiger partial charge in [0.05, 0.1) is 6.10 Å². The first-order chi connectivity index (χ1) is 12.8. The van der Waals surface area contributed by atoms with Crippen LogP contribution in [0.5, 0.6) is 11.5 Å². The van der Waals surface area contributed by atoms with E-state index in [2.05, 4.69) is 31.4 Å². The molecule has 3 rings (SSSR count). The van der Waals surface area contributed by atoms with E-state index in [-0.39, 0.29) is 18.0 Å². The van der Waals surface area contributed by atoms with Crippen LogP contribution >= 0.6 is 0 Å². The van der Waals surface area contributed by atoms with Gasteiger partial charge < -0.3 is 25.2 Å². The molecule has 1 aliphatic rings. The Morgan fingerprint density at radius 3 is 2.41 bits per heavy atom. The van der Waals surface area contributed by atoms with E-state index in [0.717, 1.165) is 0 Å². The summed E-state index contributed by atoms with van der Waals surface area (Å²) in [5.74, 6) is 1.28. The molecule has 1 unspecified atom stereocenters. The summed E-state index contributed by atoms with van der Waals surface area (Å²) in [6.07, 6.45) is -0.838. The SMILES string of the molecule is CC(C)(C)c1ccc(NC(=O)NCC(O)c2ccc3c(c2)OCCO3)cc1. The van der Waals surface area contributed by atoms with Gasteiger partial charge in [-0.2, -0.15) is 0 Å². The van der Waals surface area contributed by atoms with Crippen molar-refractivity contribution >= 4 is 11.7 Å². The average molecular weight is 370 g/mol. The van der Waals surface area contributed by atoms with E-state index in [1.807, 2.05) is 24.3 Å². The van der Waals surface area contributed by atoms with Crippen molar-refractivity contribution in [1.29, 1.82) is 0 Å². The molecular weight excluding hydrogens is 344 g/mol. The number of fused-ring (bicyclic) bond motifs is 1. The highest BCUT2D eigenvalue weighted by molar-refractivity contribution is 5.89. The average Bonchev–Trinajstić information content (AvgIpc) is 2.65. The molecule has 1 heterocycles. The first-order valence-electron chi connectivity index (χ1n) is 9.06. The zero-order valence-corrected chi connectivity index (χ0v) is 15.9. The number of benzene rings is 2. The maximum Gasteiger partial charge on any atom is 0.319 e. The van der Waals surface area contributed by atoms with Crippen LogP contribution in [0.25, 0.3) is 0 Å². The molecule has 2 aromatic rings. The molecular formula is C21H26N2O4. The van der Waals surface area contributed by atoms with E-state index >= 15 is 0 Å². The highest BCUT2D eigenvalue weighted by atomic mass is 16.6. The summed E-state index contributed by atoms with van der Waals surface area (Å²) in [7, 11) is 0. The van der Waals surface area contributed by atoms with Gasteiger partial charge in [-0.3, -0.25) is 0 Å². The number of ether oxygens (including phenoxy) is 2. The summed E-state index contributed by atoms with van der Waals surface area (Å²) in [5.41, 5.74) is 2.63. The Kier molecular flexibility index (Phi) is 5.56. The maximum absolute atomic E-state index is 12.1. The maximum atomic E-state index is 12.1. The number of rotatable bonds is 4. The molecule has 1 aliphatic heterocycles. The van der Waals surface area contributed by atoms with Crippen molar-refractivity contribution in [2.24, 2.45) is 0 Å². The fourth-order valence-electron chi connectivity index (χ4n) is 2.80. The van der Waals surface area contributed by atoms with Crippen LogP contribution in [-0.2, 0) is 5.41 Å². The molecule has 6 nitrogen and oxygen atoms in total. The lowest BCUT2D eigenvalue weighted by Gasteiger charge is -2.20. The summed E-state index contributed by atoms with van der Waals surface area (Å²) in [6, 6.07) is 12.7. The monoisotopic (exact) mass is 370 g/mol. The second-order valence-corrected chi connectivity index (χ2v) is 7.58. The number of urea groups is 1. The van der Waals surface area contributed by atoms with Crippen molar-refractivity contribution in [1.82, 2.24) is 5.32 Å². The molecule has 0 aromatic heterocycles. The highest BCUT2D eigenvalue weighted by Gasteiger charge is 2.16. The fraction of sp³-hybridized carbons (Fsp3) is 0.381. The van der Waals surface area contributed by atoms with Gasteiger partial charge in [-0.25, -0.2) is 4.79 Å². The molecule has 3 N–H and O–H groups in total.